The van der Waals surface area contributed by atoms with Gasteiger partial charge >= 0.3 is 5.69 Å². The van der Waals surface area contributed by atoms with Crippen LogP contribution in [-0.4, -0.2) is 27.2 Å². The number of hydrogen-bond donors (Lipinski definition) is 2. The molecule has 1 saturated carbocycles. The molecule has 0 atom stereocenters. The Labute approximate surface area is 143 Å². The number of nitrogens with one attached hydrogen (secondary N) is 2. The van der Waals surface area contributed by atoms with Gasteiger partial charge in [-0.25, -0.2) is 13.9 Å². The third kappa shape index (κ3) is 3.21. The Morgan fingerprint density at radius 2 is 2.25 bits per heavy atom. The van der Waals surface area contributed by atoms with E-state index in [4.69, 9.17) is 11.6 Å². The van der Waals surface area contributed by atoms with Crippen molar-refractivity contribution in [3.05, 3.63) is 50.9 Å². The standard InChI is InChI=1S/C16H18ClFN4O2/c1-22-15(24)20-13(21-22)14(23)19-9-16(6-3-7-16)8-10-4-2-5-11(17)12(10)18/h2,4-5H,3,6-9H2,1H3,(H,19,23)(H,20,21,24). The smallest absolute Gasteiger partial charge is 0.343 e. The highest BCUT2D eigenvalue weighted by Crippen LogP contribution is 2.43. The summed E-state index contributed by atoms with van der Waals surface area (Å²) in [6.07, 6.45) is 3.35. The highest BCUT2D eigenvalue weighted by Gasteiger charge is 2.38. The number of rotatable bonds is 5. The number of amides is 1. The van der Waals surface area contributed by atoms with E-state index in [1.165, 1.54) is 13.1 Å². The summed E-state index contributed by atoms with van der Waals surface area (Å²) in [7, 11) is 1.46. The van der Waals surface area contributed by atoms with Crippen LogP contribution < -0.4 is 11.0 Å². The molecule has 1 fully saturated rings. The van der Waals surface area contributed by atoms with Crippen molar-refractivity contribution in [1.29, 1.82) is 0 Å². The lowest BCUT2D eigenvalue weighted by atomic mass is 9.65. The maximum absolute atomic E-state index is 14.1. The quantitative estimate of drug-likeness (QED) is 0.864. The minimum Gasteiger partial charge on any atom is -0.349 e. The van der Waals surface area contributed by atoms with E-state index in [0.717, 1.165) is 23.9 Å². The van der Waals surface area contributed by atoms with Crippen LogP contribution in [0.2, 0.25) is 5.02 Å². The number of hydrogen-bond acceptors (Lipinski definition) is 3. The molecule has 0 radical (unpaired) electrons. The van der Waals surface area contributed by atoms with Crippen LogP contribution in [0.1, 0.15) is 35.4 Å². The largest absolute Gasteiger partial charge is 0.349 e. The predicted molar refractivity (Wildman–Crippen MR) is 87.6 cm³/mol. The lowest BCUT2D eigenvalue weighted by Crippen LogP contribution is -2.44. The fourth-order valence-corrected chi connectivity index (χ4v) is 3.23. The molecule has 0 unspecified atom stereocenters. The summed E-state index contributed by atoms with van der Waals surface area (Å²) in [4.78, 5) is 25.8. The third-order valence-electron chi connectivity index (χ3n) is 4.62. The van der Waals surface area contributed by atoms with Crippen LogP contribution in [0.15, 0.2) is 23.0 Å². The Balaban J connectivity index is 1.69. The van der Waals surface area contributed by atoms with Gasteiger partial charge in [0.1, 0.15) is 5.82 Å². The number of benzene rings is 1. The molecule has 6 nitrogen and oxygen atoms in total. The van der Waals surface area contributed by atoms with Gasteiger partial charge in [-0.2, -0.15) is 0 Å². The van der Waals surface area contributed by atoms with Crippen LogP contribution in [-0.2, 0) is 13.5 Å². The summed E-state index contributed by atoms with van der Waals surface area (Å²) < 4.78 is 15.2. The fraction of sp³-hybridized carbons (Fsp3) is 0.438. The van der Waals surface area contributed by atoms with Gasteiger partial charge in [-0.3, -0.25) is 9.78 Å². The molecule has 1 heterocycles. The molecule has 1 amide bonds. The third-order valence-corrected chi connectivity index (χ3v) is 4.91. The summed E-state index contributed by atoms with van der Waals surface area (Å²) in [6.45, 7) is 0.399. The molecule has 2 N–H and O–H groups in total. The number of carbonyl (C=O) groups is 1. The van der Waals surface area contributed by atoms with Gasteiger partial charge in [0.05, 0.1) is 5.02 Å². The Morgan fingerprint density at radius 3 is 2.83 bits per heavy atom. The van der Waals surface area contributed by atoms with Crippen LogP contribution in [0.25, 0.3) is 0 Å². The minimum absolute atomic E-state index is 0.0223. The van der Waals surface area contributed by atoms with Gasteiger partial charge in [0.2, 0.25) is 5.82 Å². The average molecular weight is 353 g/mol. The topological polar surface area (TPSA) is 79.8 Å². The molecule has 0 aliphatic heterocycles. The van der Waals surface area contributed by atoms with E-state index in [9.17, 15) is 14.0 Å². The maximum atomic E-state index is 14.1. The molecule has 128 valence electrons. The number of halogens is 2. The molecule has 1 aliphatic carbocycles. The van der Waals surface area contributed by atoms with E-state index in [1.807, 2.05) is 0 Å². The Kier molecular flexibility index (Phi) is 4.45. The van der Waals surface area contributed by atoms with E-state index < -0.39 is 17.4 Å². The van der Waals surface area contributed by atoms with Gasteiger partial charge in [0, 0.05) is 13.6 Å². The zero-order chi connectivity index (χ0) is 17.3. The first kappa shape index (κ1) is 16.7. The first-order valence-electron chi connectivity index (χ1n) is 7.75. The summed E-state index contributed by atoms with van der Waals surface area (Å²) >= 11 is 5.84. The monoisotopic (exact) mass is 352 g/mol. The molecule has 1 aromatic heterocycles. The number of carbonyl (C=O) groups excluding carboxylic acids is 1. The highest BCUT2D eigenvalue weighted by atomic mass is 35.5. The van der Waals surface area contributed by atoms with Gasteiger partial charge < -0.3 is 5.32 Å². The van der Waals surface area contributed by atoms with Gasteiger partial charge in [-0.15, -0.1) is 5.10 Å². The average Bonchev–Trinajstić information content (AvgIpc) is 2.85. The lowest BCUT2D eigenvalue weighted by molar-refractivity contribution is 0.0848. The Bertz CT molecular complexity index is 826. The lowest BCUT2D eigenvalue weighted by Gasteiger charge is -2.42. The van der Waals surface area contributed by atoms with Crippen LogP contribution in [0.5, 0.6) is 0 Å². The van der Waals surface area contributed by atoms with E-state index in [0.29, 0.717) is 18.5 Å². The second-order valence-electron chi connectivity index (χ2n) is 6.33. The molecule has 1 aromatic carbocycles. The molecule has 0 bridgehead atoms. The van der Waals surface area contributed by atoms with Crippen molar-refractivity contribution in [3.8, 4) is 0 Å². The van der Waals surface area contributed by atoms with Gasteiger partial charge in [-0.1, -0.05) is 30.2 Å². The molecule has 3 rings (SSSR count). The molecule has 0 spiro atoms. The first-order valence-corrected chi connectivity index (χ1v) is 8.12. The van der Waals surface area contributed by atoms with Crippen molar-refractivity contribution in [1.82, 2.24) is 20.1 Å². The summed E-state index contributed by atoms with van der Waals surface area (Å²) in [5, 5.41) is 6.73. The van der Waals surface area contributed by atoms with Crippen molar-refractivity contribution in [2.75, 3.05) is 6.54 Å². The molecule has 8 heteroatoms. The minimum atomic E-state index is -0.445. The van der Waals surface area contributed by atoms with Crippen molar-refractivity contribution < 1.29 is 9.18 Å². The molecule has 24 heavy (non-hydrogen) atoms. The normalized spacial score (nSPS) is 15.8. The first-order chi connectivity index (χ1) is 11.4. The number of aromatic amines is 1. The van der Waals surface area contributed by atoms with E-state index >= 15 is 0 Å². The summed E-state index contributed by atoms with van der Waals surface area (Å²) in [5.74, 6) is -0.859. The Hall–Kier alpha value is -2.15. The van der Waals surface area contributed by atoms with E-state index in [1.54, 1.807) is 12.1 Å². The van der Waals surface area contributed by atoms with Crippen molar-refractivity contribution >= 4 is 17.5 Å². The van der Waals surface area contributed by atoms with Crippen molar-refractivity contribution in [2.24, 2.45) is 12.5 Å². The van der Waals surface area contributed by atoms with Crippen LogP contribution >= 0.6 is 11.6 Å². The predicted octanol–water partition coefficient (Wildman–Crippen LogP) is 2.04. The number of H-pyrrole nitrogens is 1. The number of nitrogens with zero attached hydrogens (tertiary/aromatic N) is 2. The van der Waals surface area contributed by atoms with Gasteiger partial charge in [0.25, 0.3) is 5.91 Å². The molecular formula is C16H18ClFN4O2. The molecule has 0 saturated heterocycles. The highest BCUT2D eigenvalue weighted by molar-refractivity contribution is 6.30. The van der Waals surface area contributed by atoms with Crippen LogP contribution in [0, 0.1) is 11.2 Å². The zero-order valence-corrected chi connectivity index (χ0v) is 14.0. The molecule has 1 aliphatic rings. The van der Waals surface area contributed by atoms with E-state index in [-0.39, 0.29) is 16.3 Å². The van der Waals surface area contributed by atoms with Crippen LogP contribution in [0.3, 0.4) is 0 Å². The SMILES string of the molecule is Cn1nc(C(=O)NCC2(Cc3cccc(Cl)c3F)CCC2)[nH]c1=O. The van der Waals surface area contributed by atoms with Crippen molar-refractivity contribution in [2.45, 2.75) is 25.7 Å². The maximum Gasteiger partial charge on any atom is 0.343 e. The summed E-state index contributed by atoms with van der Waals surface area (Å²) in [6, 6.07) is 4.97. The molecular weight excluding hydrogens is 335 g/mol. The number of aromatic nitrogens is 3. The summed E-state index contributed by atoms with van der Waals surface area (Å²) in [5.41, 5.74) is -0.0711. The number of aryl methyl sites for hydroxylation is 1. The second-order valence-corrected chi connectivity index (χ2v) is 6.74. The Morgan fingerprint density at radius 1 is 1.50 bits per heavy atom. The fourth-order valence-electron chi connectivity index (χ4n) is 3.04. The molecule has 2 aromatic rings. The van der Waals surface area contributed by atoms with Crippen molar-refractivity contribution in [3.63, 3.8) is 0 Å². The van der Waals surface area contributed by atoms with Gasteiger partial charge in [0.15, 0.2) is 0 Å². The van der Waals surface area contributed by atoms with Crippen LogP contribution in [0.4, 0.5) is 4.39 Å². The zero-order valence-electron chi connectivity index (χ0n) is 13.2. The second kappa shape index (κ2) is 6.39. The van der Waals surface area contributed by atoms with E-state index in [2.05, 4.69) is 15.4 Å². The van der Waals surface area contributed by atoms with Gasteiger partial charge in [-0.05, 0) is 36.3 Å².